The number of hydrogen-bond acceptors (Lipinski definition) is 3. The molecule has 0 radical (unpaired) electrons. The average Bonchev–Trinajstić information content (AvgIpc) is 2.16. The Labute approximate surface area is 78.9 Å². The molecule has 0 aromatic heterocycles. The highest BCUT2D eigenvalue weighted by Crippen LogP contribution is 1.97. The summed E-state index contributed by atoms with van der Waals surface area (Å²) in [6, 6.07) is 0.296. The molecule has 0 aromatic rings. The maximum atomic E-state index is 10.9. The number of rotatable bonds is 2. The first kappa shape index (κ1) is 10.3. The predicted molar refractivity (Wildman–Crippen MR) is 51.7 cm³/mol. The highest BCUT2D eigenvalue weighted by Gasteiger charge is 2.18. The maximum Gasteiger partial charge on any atom is 0.314 e. The summed E-state index contributed by atoms with van der Waals surface area (Å²) < 4.78 is 0. The number of nitrogens with zero attached hydrogens (tertiary/aromatic N) is 1. The van der Waals surface area contributed by atoms with Crippen LogP contribution in [0.5, 0.6) is 0 Å². The van der Waals surface area contributed by atoms with Crippen molar-refractivity contribution in [2.75, 3.05) is 40.3 Å². The molecule has 2 amide bonds. The van der Waals surface area contributed by atoms with Crippen molar-refractivity contribution in [2.24, 2.45) is 0 Å². The Morgan fingerprint density at radius 1 is 1.69 bits per heavy atom. The molecule has 1 rings (SSSR count). The van der Waals surface area contributed by atoms with Gasteiger partial charge >= 0.3 is 6.03 Å². The number of nitrogens with one attached hydrogen (secondary N) is 3. The van der Waals surface area contributed by atoms with Gasteiger partial charge in [-0.1, -0.05) is 0 Å². The van der Waals surface area contributed by atoms with E-state index in [4.69, 9.17) is 0 Å². The zero-order chi connectivity index (χ0) is 9.68. The zero-order valence-corrected chi connectivity index (χ0v) is 8.26. The number of hydrogen-bond donors (Lipinski definition) is 3. The lowest BCUT2D eigenvalue weighted by molar-refractivity contribution is 0.193. The van der Waals surface area contributed by atoms with E-state index in [1.165, 1.54) is 0 Å². The van der Waals surface area contributed by atoms with Crippen LogP contribution in [-0.2, 0) is 0 Å². The van der Waals surface area contributed by atoms with Crippen molar-refractivity contribution in [2.45, 2.75) is 6.04 Å². The van der Waals surface area contributed by atoms with E-state index in [2.05, 4.69) is 27.9 Å². The van der Waals surface area contributed by atoms with Crippen LogP contribution in [0.4, 0.5) is 4.79 Å². The van der Waals surface area contributed by atoms with Crippen LogP contribution in [0.15, 0.2) is 0 Å². The van der Waals surface area contributed by atoms with Gasteiger partial charge in [0.25, 0.3) is 0 Å². The number of urea groups is 1. The topological polar surface area (TPSA) is 56.4 Å². The summed E-state index contributed by atoms with van der Waals surface area (Å²) in [6.45, 7) is 3.72. The lowest BCUT2D eigenvalue weighted by atomic mass is 10.2. The second kappa shape index (κ2) is 5.04. The highest BCUT2D eigenvalue weighted by atomic mass is 16.2. The maximum absolute atomic E-state index is 10.9. The van der Waals surface area contributed by atoms with Crippen LogP contribution in [0.25, 0.3) is 0 Å². The summed E-state index contributed by atoms with van der Waals surface area (Å²) in [6.07, 6.45) is 0. The zero-order valence-electron chi connectivity index (χ0n) is 8.26. The summed E-state index contributed by atoms with van der Waals surface area (Å²) in [7, 11) is 3.70. The number of piperazine rings is 1. The third-order valence-corrected chi connectivity index (χ3v) is 2.37. The van der Waals surface area contributed by atoms with E-state index in [9.17, 15) is 4.79 Å². The van der Waals surface area contributed by atoms with Gasteiger partial charge in [-0.3, -0.25) is 4.90 Å². The minimum atomic E-state index is -0.112. The molecule has 3 N–H and O–H groups in total. The van der Waals surface area contributed by atoms with Crippen molar-refractivity contribution in [1.29, 1.82) is 0 Å². The van der Waals surface area contributed by atoms with Crippen molar-refractivity contribution >= 4 is 6.03 Å². The Morgan fingerprint density at radius 2 is 2.46 bits per heavy atom. The van der Waals surface area contributed by atoms with Gasteiger partial charge < -0.3 is 16.0 Å². The van der Waals surface area contributed by atoms with Gasteiger partial charge in [0.2, 0.25) is 0 Å². The first-order valence-corrected chi connectivity index (χ1v) is 4.60. The molecule has 0 aromatic carbocycles. The Hall–Kier alpha value is -0.810. The Morgan fingerprint density at radius 3 is 3.08 bits per heavy atom. The lowest BCUT2D eigenvalue weighted by Gasteiger charge is -2.32. The number of carbonyl (C=O) groups is 1. The molecular weight excluding hydrogens is 168 g/mol. The molecule has 0 bridgehead atoms. The quantitative estimate of drug-likeness (QED) is 0.509. The summed E-state index contributed by atoms with van der Waals surface area (Å²) in [5.74, 6) is 0. The van der Waals surface area contributed by atoms with Crippen molar-refractivity contribution in [1.82, 2.24) is 20.9 Å². The van der Waals surface area contributed by atoms with Gasteiger partial charge in [0.05, 0.1) is 0 Å². The molecule has 0 saturated carbocycles. The van der Waals surface area contributed by atoms with Crippen LogP contribution in [-0.4, -0.2) is 57.2 Å². The Balaban J connectivity index is 2.22. The molecule has 0 spiro atoms. The molecule has 1 saturated heterocycles. The molecule has 1 aliphatic heterocycles. The number of likely N-dealkylation sites (N-methyl/N-ethyl adjacent to an activating group) is 1. The van der Waals surface area contributed by atoms with Crippen LogP contribution in [0.1, 0.15) is 0 Å². The predicted octanol–water partition coefficient (Wildman–Crippen LogP) is -1.18. The lowest BCUT2D eigenvalue weighted by Crippen LogP contribution is -2.54. The van der Waals surface area contributed by atoms with E-state index in [-0.39, 0.29) is 6.03 Å². The second-order valence-electron chi connectivity index (χ2n) is 3.30. The molecule has 0 aliphatic carbocycles. The second-order valence-corrected chi connectivity index (χ2v) is 3.30. The summed E-state index contributed by atoms with van der Waals surface area (Å²) in [4.78, 5) is 13.2. The van der Waals surface area contributed by atoms with E-state index in [1.54, 1.807) is 7.05 Å². The summed E-state index contributed by atoms with van der Waals surface area (Å²) in [5.41, 5.74) is 0. The fourth-order valence-electron chi connectivity index (χ4n) is 1.39. The largest absolute Gasteiger partial charge is 0.341 e. The Bertz CT molecular complexity index is 174. The number of amides is 2. The van der Waals surface area contributed by atoms with Crippen molar-refractivity contribution < 1.29 is 4.79 Å². The summed E-state index contributed by atoms with van der Waals surface area (Å²) in [5, 5.41) is 8.62. The third kappa shape index (κ3) is 3.20. The average molecular weight is 186 g/mol. The highest BCUT2D eigenvalue weighted by molar-refractivity contribution is 5.73. The SMILES string of the molecule is CNC(=O)NCC1CNCCN1C. The van der Waals surface area contributed by atoms with Gasteiger partial charge in [0.1, 0.15) is 0 Å². The molecule has 5 nitrogen and oxygen atoms in total. The molecule has 1 heterocycles. The van der Waals surface area contributed by atoms with Crippen molar-refractivity contribution in [3.63, 3.8) is 0 Å². The van der Waals surface area contributed by atoms with Gasteiger partial charge in [-0.05, 0) is 7.05 Å². The van der Waals surface area contributed by atoms with Gasteiger partial charge in [-0.2, -0.15) is 0 Å². The van der Waals surface area contributed by atoms with Gasteiger partial charge in [-0.25, -0.2) is 4.79 Å². The fourth-order valence-corrected chi connectivity index (χ4v) is 1.39. The van der Waals surface area contributed by atoms with E-state index >= 15 is 0 Å². The molecular formula is C8H18N4O. The molecule has 13 heavy (non-hydrogen) atoms. The van der Waals surface area contributed by atoms with Crippen LogP contribution in [0, 0.1) is 0 Å². The van der Waals surface area contributed by atoms with Crippen molar-refractivity contribution in [3.8, 4) is 0 Å². The summed E-state index contributed by atoms with van der Waals surface area (Å²) >= 11 is 0. The van der Waals surface area contributed by atoms with Crippen LogP contribution in [0.2, 0.25) is 0 Å². The van der Waals surface area contributed by atoms with Gasteiger partial charge in [0, 0.05) is 39.3 Å². The minimum Gasteiger partial charge on any atom is -0.341 e. The molecule has 1 atom stereocenters. The molecule has 76 valence electrons. The van der Waals surface area contributed by atoms with E-state index in [0.717, 1.165) is 19.6 Å². The van der Waals surface area contributed by atoms with E-state index < -0.39 is 0 Å². The smallest absolute Gasteiger partial charge is 0.314 e. The Kier molecular flexibility index (Phi) is 3.98. The molecule has 1 fully saturated rings. The molecule has 1 aliphatic rings. The van der Waals surface area contributed by atoms with Gasteiger partial charge in [0.15, 0.2) is 0 Å². The minimum absolute atomic E-state index is 0.112. The van der Waals surface area contributed by atoms with Crippen LogP contribution < -0.4 is 16.0 Å². The molecule has 5 heteroatoms. The van der Waals surface area contributed by atoms with E-state index in [1.807, 2.05) is 0 Å². The number of carbonyl (C=O) groups excluding carboxylic acids is 1. The van der Waals surface area contributed by atoms with Crippen LogP contribution >= 0.6 is 0 Å². The van der Waals surface area contributed by atoms with Gasteiger partial charge in [-0.15, -0.1) is 0 Å². The monoisotopic (exact) mass is 186 g/mol. The first-order chi connectivity index (χ1) is 6.24. The standard InChI is InChI=1S/C8H18N4O/c1-9-8(13)11-6-7-5-10-3-4-12(7)2/h7,10H,3-6H2,1-2H3,(H2,9,11,13). The first-order valence-electron chi connectivity index (χ1n) is 4.60. The van der Waals surface area contributed by atoms with Crippen molar-refractivity contribution in [3.05, 3.63) is 0 Å². The molecule has 1 unspecified atom stereocenters. The van der Waals surface area contributed by atoms with Crippen LogP contribution in [0.3, 0.4) is 0 Å². The fraction of sp³-hybridized carbons (Fsp3) is 0.875. The van der Waals surface area contributed by atoms with E-state index in [0.29, 0.717) is 12.6 Å². The third-order valence-electron chi connectivity index (χ3n) is 2.37. The normalized spacial score (nSPS) is 24.0.